The summed E-state index contributed by atoms with van der Waals surface area (Å²) >= 11 is 5.76. The SMILES string of the molecule is Cc1n[nH]nc1-c1ncc(C=O)c(Cl)n1. The number of halogens is 1. The summed E-state index contributed by atoms with van der Waals surface area (Å²) in [6.45, 7) is 1.77. The number of nitrogens with zero attached hydrogens (tertiary/aromatic N) is 4. The molecular formula is C8H6ClN5O. The number of aromatic nitrogens is 5. The Bertz CT molecular complexity index is 509. The summed E-state index contributed by atoms with van der Waals surface area (Å²) < 4.78 is 0. The molecule has 0 atom stereocenters. The molecule has 0 amide bonds. The Labute approximate surface area is 89.7 Å². The number of carbonyl (C=O) groups excluding carboxylic acids is 1. The maximum Gasteiger partial charge on any atom is 0.183 e. The van der Waals surface area contributed by atoms with Gasteiger partial charge in [-0.3, -0.25) is 4.79 Å². The molecule has 0 saturated heterocycles. The van der Waals surface area contributed by atoms with E-state index in [1.54, 1.807) is 6.92 Å². The number of carbonyl (C=O) groups is 1. The zero-order valence-electron chi connectivity index (χ0n) is 7.73. The molecule has 2 heterocycles. The van der Waals surface area contributed by atoms with Crippen LogP contribution in [-0.2, 0) is 0 Å². The van der Waals surface area contributed by atoms with Crippen molar-refractivity contribution in [2.24, 2.45) is 0 Å². The van der Waals surface area contributed by atoms with Gasteiger partial charge in [0.15, 0.2) is 17.8 Å². The highest BCUT2D eigenvalue weighted by Gasteiger charge is 2.11. The molecule has 15 heavy (non-hydrogen) atoms. The van der Waals surface area contributed by atoms with Crippen LogP contribution in [0.5, 0.6) is 0 Å². The van der Waals surface area contributed by atoms with Crippen molar-refractivity contribution in [3.05, 3.63) is 22.6 Å². The van der Waals surface area contributed by atoms with Crippen molar-refractivity contribution in [1.29, 1.82) is 0 Å². The van der Waals surface area contributed by atoms with Gasteiger partial charge in [0, 0.05) is 6.20 Å². The van der Waals surface area contributed by atoms with Gasteiger partial charge in [-0.2, -0.15) is 15.4 Å². The molecule has 76 valence electrons. The van der Waals surface area contributed by atoms with Gasteiger partial charge in [0.05, 0.1) is 11.3 Å². The number of aldehydes is 1. The van der Waals surface area contributed by atoms with Gasteiger partial charge < -0.3 is 0 Å². The highest BCUT2D eigenvalue weighted by atomic mass is 35.5. The van der Waals surface area contributed by atoms with Gasteiger partial charge in [0.25, 0.3) is 0 Å². The highest BCUT2D eigenvalue weighted by Crippen LogP contribution is 2.17. The van der Waals surface area contributed by atoms with Crippen molar-refractivity contribution in [2.45, 2.75) is 6.92 Å². The van der Waals surface area contributed by atoms with E-state index in [4.69, 9.17) is 11.6 Å². The third-order valence-corrected chi connectivity index (χ3v) is 2.13. The summed E-state index contributed by atoms with van der Waals surface area (Å²) in [4.78, 5) is 18.4. The van der Waals surface area contributed by atoms with Gasteiger partial charge in [-0.25, -0.2) is 9.97 Å². The quantitative estimate of drug-likeness (QED) is 0.607. The standard InChI is InChI=1S/C8H6ClN5O/c1-4-6(13-14-12-4)8-10-2-5(3-15)7(9)11-8/h2-3H,1H3,(H,12,13,14). The zero-order chi connectivity index (χ0) is 10.8. The Kier molecular flexibility index (Phi) is 2.42. The Hall–Kier alpha value is -1.82. The first-order valence-corrected chi connectivity index (χ1v) is 4.45. The molecule has 0 bridgehead atoms. The van der Waals surface area contributed by atoms with Crippen LogP contribution >= 0.6 is 11.6 Å². The van der Waals surface area contributed by atoms with Crippen LogP contribution in [0.15, 0.2) is 6.20 Å². The van der Waals surface area contributed by atoms with E-state index in [1.807, 2.05) is 0 Å². The lowest BCUT2D eigenvalue weighted by Gasteiger charge is -1.98. The molecule has 0 fully saturated rings. The van der Waals surface area contributed by atoms with E-state index in [-0.39, 0.29) is 10.7 Å². The average molecular weight is 224 g/mol. The summed E-state index contributed by atoms with van der Waals surface area (Å²) in [5.41, 5.74) is 1.45. The molecule has 2 aromatic rings. The lowest BCUT2D eigenvalue weighted by atomic mass is 10.3. The summed E-state index contributed by atoms with van der Waals surface area (Å²) in [5.74, 6) is 0.344. The number of hydrogen-bond acceptors (Lipinski definition) is 5. The smallest absolute Gasteiger partial charge is 0.183 e. The van der Waals surface area contributed by atoms with Gasteiger partial charge in [0.1, 0.15) is 5.15 Å². The molecule has 2 aromatic heterocycles. The molecule has 0 aromatic carbocycles. The minimum Gasteiger partial charge on any atom is -0.298 e. The van der Waals surface area contributed by atoms with E-state index in [0.29, 0.717) is 23.5 Å². The van der Waals surface area contributed by atoms with Crippen LogP contribution < -0.4 is 0 Å². The summed E-state index contributed by atoms with van der Waals surface area (Å²) in [5, 5.41) is 10.3. The third-order valence-electron chi connectivity index (χ3n) is 1.83. The maximum absolute atomic E-state index is 10.5. The monoisotopic (exact) mass is 223 g/mol. The first-order valence-electron chi connectivity index (χ1n) is 4.08. The Morgan fingerprint density at radius 1 is 1.47 bits per heavy atom. The normalized spacial score (nSPS) is 10.3. The van der Waals surface area contributed by atoms with Crippen LogP contribution in [-0.4, -0.2) is 31.7 Å². The Morgan fingerprint density at radius 3 is 2.80 bits per heavy atom. The molecule has 2 rings (SSSR count). The average Bonchev–Trinajstić information content (AvgIpc) is 2.64. The van der Waals surface area contributed by atoms with Crippen LogP contribution in [0.2, 0.25) is 5.15 Å². The van der Waals surface area contributed by atoms with Gasteiger partial charge in [-0.1, -0.05) is 11.6 Å². The van der Waals surface area contributed by atoms with E-state index in [0.717, 1.165) is 0 Å². The Morgan fingerprint density at radius 2 is 2.27 bits per heavy atom. The van der Waals surface area contributed by atoms with Gasteiger partial charge in [0.2, 0.25) is 0 Å². The number of nitrogens with one attached hydrogen (secondary N) is 1. The van der Waals surface area contributed by atoms with Crippen LogP contribution in [0, 0.1) is 6.92 Å². The van der Waals surface area contributed by atoms with Crippen molar-refractivity contribution < 1.29 is 4.79 Å². The largest absolute Gasteiger partial charge is 0.298 e. The lowest BCUT2D eigenvalue weighted by molar-refractivity contribution is 0.112. The van der Waals surface area contributed by atoms with Crippen LogP contribution in [0.25, 0.3) is 11.5 Å². The van der Waals surface area contributed by atoms with E-state index in [1.165, 1.54) is 6.20 Å². The molecule has 0 aliphatic carbocycles. The van der Waals surface area contributed by atoms with E-state index in [9.17, 15) is 4.79 Å². The van der Waals surface area contributed by atoms with Crippen molar-refractivity contribution >= 4 is 17.9 Å². The lowest BCUT2D eigenvalue weighted by Crippen LogP contribution is -1.95. The fraction of sp³-hybridized carbons (Fsp3) is 0.125. The second-order valence-corrected chi connectivity index (χ2v) is 3.17. The predicted octanol–water partition coefficient (Wildman–Crippen LogP) is 1.04. The number of rotatable bonds is 2. The maximum atomic E-state index is 10.5. The van der Waals surface area contributed by atoms with Crippen molar-refractivity contribution in [2.75, 3.05) is 0 Å². The molecule has 6 nitrogen and oxygen atoms in total. The van der Waals surface area contributed by atoms with E-state index >= 15 is 0 Å². The fourth-order valence-corrected chi connectivity index (χ4v) is 1.23. The summed E-state index contributed by atoms with van der Waals surface area (Å²) in [6.07, 6.45) is 1.95. The van der Waals surface area contributed by atoms with Gasteiger partial charge in [-0.15, -0.1) is 0 Å². The Balaban J connectivity index is 2.52. The van der Waals surface area contributed by atoms with Crippen molar-refractivity contribution in [3.63, 3.8) is 0 Å². The third kappa shape index (κ3) is 1.71. The molecule has 0 unspecified atom stereocenters. The van der Waals surface area contributed by atoms with Crippen LogP contribution in [0.1, 0.15) is 16.1 Å². The number of aryl methyl sites for hydroxylation is 1. The molecule has 0 spiro atoms. The first-order chi connectivity index (χ1) is 7.22. The second kappa shape index (κ2) is 3.74. The summed E-state index contributed by atoms with van der Waals surface area (Å²) in [7, 11) is 0. The van der Waals surface area contributed by atoms with Gasteiger partial charge in [-0.05, 0) is 6.92 Å². The van der Waals surface area contributed by atoms with Gasteiger partial charge >= 0.3 is 0 Å². The predicted molar refractivity (Wildman–Crippen MR) is 52.5 cm³/mol. The van der Waals surface area contributed by atoms with Crippen molar-refractivity contribution in [1.82, 2.24) is 25.4 Å². The minimum atomic E-state index is 0.109. The molecule has 0 saturated carbocycles. The number of aromatic amines is 1. The second-order valence-electron chi connectivity index (χ2n) is 2.82. The highest BCUT2D eigenvalue weighted by molar-refractivity contribution is 6.31. The van der Waals surface area contributed by atoms with E-state index < -0.39 is 0 Å². The number of H-pyrrole nitrogens is 1. The molecule has 0 aliphatic rings. The molecule has 7 heteroatoms. The molecule has 1 N–H and O–H groups in total. The van der Waals surface area contributed by atoms with E-state index in [2.05, 4.69) is 25.4 Å². The number of hydrogen-bond donors (Lipinski definition) is 1. The van der Waals surface area contributed by atoms with Crippen LogP contribution in [0.4, 0.5) is 0 Å². The summed E-state index contributed by atoms with van der Waals surface area (Å²) in [6, 6.07) is 0. The topological polar surface area (TPSA) is 84.4 Å². The van der Waals surface area contributed by atoms with Crippen LogP contribution in [0.3, 0.4) is 0 Å². The fourth-order valence-electron chi connectivity index (χ4n) is 1.06. The minimum absolute atomic E-state index is 0.109. The first kappa shape index (κ1) is 9.72. The molecule has 0 aliphatic heterocycles. The molecule has 0 radical (unpaired) electrons. The zero-order valence-corrected chi connectivity index (χ0v) is 8.49. The van der Waals surface area contributed by atoms with Crippen molar-refractivity contribution in [3.8, 4) is 11.5 Å². The molecular weight excluding hydrogens is 218 g/mol.